The molecule has 0 atom stereocenters. The highest BCUT2D eigenvalue weighted by Crippen LogP contribution is 2.30. The summed E-state index contributed by atoms with van der Waals surface area (Å²) in [6.45, 7) is -0.434. The Hall–Kier alpha value is -4.63. The number of carbonyl (C=O) groups is 1. The zero-order chi connectivity index (χ0) is 31.0. The molecule has 224 valence electrons. The van der Waals surface area contributed by atoms with Gasteiger partial charge in [0, 0.05) is 57.3 Å². The van der Waals surface area contributed by atoms with Crippen molar-refractivity contribution in [1.29, 1.82) is 0 Å². The van der Waals surface area contributed by atoms with Crippen LogP contribution in [0.2, 0.25) is 10.0 Å². The third-order valence-electron chi connectivity index (χ3n) is 6.45. The van der Waals surface area contributed by atoms with E-state index in [1.165, 1.54) is 15.9 Å². The van der Waals surface area contributed by atoms with Gasteiger partial charge in [-0.15, -0.1) is 0 Å². The first kappa shape index (κ1) is 29.8. The Kier molecular flexibility index (Phi) is 8.28. The molecule has 0 saturated heterocycles. The van der Waals surface area contributed by atoms with Gasteiger partial charge in [0.2, 0.25) is 11.9 Å². The van der Waals surface area contributed by atoms with Gasteiger partial charge in [0.25, 0.3) is 0 Å². The zero-order valence-corrected chi connectivity index (χ0v) is 24.6. The summed E-state index contributed by atoms with van der Waals surface area (Å²) in [4.78, 5) is 48.2. The maximum Gasteiger partial charge on any atom is 0.355 e. The maximum atomic E-state index is 14.7. The number of hydrogen-bond donors (Lipinski definition) is 1. The SMILES string of the molecule is CN(C)C(=O)CCn1cc2cc(Nc3nc(=O)n(Cc4ncn(C)n4)c(=O)n3Cc3cc(Cl)c(F)cc3F)c(Cl)cc2n1. The topological polar surface area (TPSA) is 138 Å². The molecule has 0 aliphatic rings. The van der Waals surface area contributed by atoms with Crippen molar-refractivity contribution in [2.24, 2.45) is 7.05 Å². The van der Waals surface area contributed by atoms with Crippen LogP contribution in [0.4, 0.5) is 20.4 Å². The van der Waals surface area contributed by atoms with Crippen molar-refractivity contribution in [3.05, 3.63) is 90.8 Å². The molecule has 43 heavy (non-hydrogen) atoms. The number of aryl methyl sites for hydroxylation is 2. The normalized spacial score (nSPS) is 11.3. The fourth-order valence-electron chi connectivity index (χ4n) is 4.22. The summed E-state index contributed by atoms with van der Waals surface area (Å²) in [5.74, 6) is -2.07. The van der Waals surface area contributed by atoms with E-state index in [0.29, 0.717) is 23.5 Å². The van der Waals surface area contributed by atoms with Crippen LogP contribution in [0.1, 0.15) is 17.8 Å². The van der Waals surface area contributed by atoms with Crippen molar-refractivity contribution in [3.63, 3.8) is 0 Å². The van der Waals surface area contributed by atoms with Gasteiger partial charge in [0.15, 0.2) is 5.82 Å². The number of rotatable bonds is 9. The number of aromatic nitrogens is 8. The molecule has 13 nitrogen and oxygen atoms in total. The molecule has 1 amide bonds. The van der Waals surface area contributed by atoms with Crippen LogP contribution in [0.25, 0.3) is 10.9 Å². The van der Waals surface area contributed by atoms with Crippen LogP contribution < -0.4 is 16.7 Å². The minimum atomic E-state index is -0.968. The standard InChI is InChI=1S/C26H24Cl2F2N10O3/c1-36(2)23(41)4-5-38-10-15-7-21(17(28)8-20(15)34-38)32-24-33-25(42)40(12-22-31-13-37(3)35-22)26(43)39(24)11-14-6-16(27)19(30)9-18(14)29/h6-10,13H,4-5,11-12H2,1-3H3,(H,32,33,42). The van der Waals surface area contributed by atoms with Crippen LogP contribution in [-0.4, -0.2) is 63.6 Å². The van der Waals surface area contributed by atoms with E-state index in [0.717, 1.165) is 15.2 Å². The highest BCUT2D eigenvalue weighted by Gasteiger charge is 2.19. The molecule has 5 aromatic rings. The second-order valence-electron chi connectivity index (χ2n) is 9.81. The molecule has 1 N–H and O–H groups in total. The molecule has 0 fully saturated rings. The molecule has 0 spiro atoms. The third kappa shape index (κ3) is 6.41. The number of fused-ring (bicyclic) bond motifs is 1. The molecule has 3 aromatic heterocycles. The first-order chi connectivity index (χ1) is 20.4. The molecule has 2 aromatic carbocycles. The molecule has 0 radical (unpaired) electrons. The average Bonchev–Trinajstić information content (AvgIpc) is 3.54. The van der Waals surface area contributed by atoms with Crippen LogP contribution in [0, 0.1) is 11.6 Å². The molecule has 0 bridgehead atoms. The van der Waals surface area contributed by atoms with Gasteiger partial charge in [-0.3, -0.25) is 18.7 Å². The van der Waals surface area contributed by atoms with Gasteiger partial charge in [0.1, 0.15) is 18.0 Å². The van der Waals surface area contributed by atoms with Crippen molar-refractivity contribution in [3.8, 4) is 0 Å². The molecule has 3 heterocycles. The Morgan fingerprint density at radius 3 is 2.47 bits per heavy atom. The Morgan fingerprint density at radius 2 is 1.77 bits per heavy atom. The third-order valence-corrected chi connectivity index (χ3v) is 7.06. The molecule has 0 aliphatic heterocycles. The Morgan fingerprint density at radius 1 is 1.00 bits per heavy atom. The summed E-state index contributed by atoms with van der Waals surface area (Å²) in [6, 6.07) is 4.85. The van der Waals surface area contributed by atoms with Gasteiger partial charge in [-0.2, -0.15) is 15.2 Å². The molecule has 5 rings (SSSR count). The van der Waals surface area contributed by atoms with Crippen molar-refractivity contribution >= 4 is 51.6 Å². The second-order valence-corrected chi connectivity index (χ2v) is 10.6. The summed E-state index contributed by atoms with van der Waals surface area (Å²) < 4.78 is 33.4. The number of benzene rings is 2. The van der Waals surface area contributed by atoms with Gasteiger partial charge in [-0.1, -0.05) is 23.2 Å². The summed E-state index contributed by atoms with van der Waals surface area (Å²) in [5, 5.41) is 11.9. The van der Waals surface area contributed by atoms with Crippen molar-refractivity contribution in [1.82, 2.24) is 43.6 Å². The lowest BCUT2D eigenvalue weighted by Gasteiger charge is -2.16. The Balaban J connectivity index is 1.55. The summed E-state index contributed by atoms with van der Waals surface area (Å²) >= 11 is 12.4. The van der Waals surface area contributed by atoms with E-state index in [1.54, 1.807) is 44.2 Å². The van der Waals surface area contributed by atoms with E-state index in [2.05, 4.69) is 25.5 Å². The molecular formula is C26H24Cl2F2N10O3. The summed E-state index contributed by atoms with van der Waals surface area (Å²) in [7, 11) is 4.96. The van der Waals surface area contributed by atoms with E-state index in [9.17, 15) is 23.2 Å². The van der Waals surface area contributed by atoms with Crippen molar-refractivity contribution < 1.29 is 13.6 Å². The van der Waals surface area contributed by atoms with Gasteiger partial charge in [-0.05, 0) is 18.2 Å². The van der Waals surface area contributed by atoms with E-state index in [1.807, 2.05) is 0 Å². The smallest absolute Gasteiger partial charge is 0.349 e. The highest BCUT2D eigenvalue weighted by molar-refractivity contribution is 6.34. The lowest BCUT2D eigenvalue weighted by atomic mass is 10.2. The van der Waals surface area contributed by atoms with Gasteiger partial charge < -0.3 is 10.2 Å². The van der Waals surface area contributed by atoms with Crippen LogP contribution >= 0.6 is 23.2 Å². The average molecular weight is 633 g/mol. The minimum Gasteiger partial charge on any atom is -0.349 e. The number of amides is 1. The predicted molar refractivity (Wildman–Crippen MR) is 155 cm³/mol. The van der Waals surface area contributed by atoms with Crippen LogP contribution in [0.3, 0.4) is 0 Å². The number of halogens is 4. The van der Waals surface area contributed by atoms with E-state index in [-0.39, 0.29) is 51.9 Å². The lowest BCUT2D eigenvalue weighted by Crippen LogP contribution is -2.43. The fourth-order valence-corrected chi connectivity index (χ4v) is 4.61. The quantitative estimate of drug-likeness (QED) is 0.245. The van der Waals surface area contributed by atoms with Crippen LogP contribution in [-0.2, 0) is 31.5 Å². The number of nitrogens with one attached hydrogen (secondary N) is 1. The van der Waals surface area contributed by atoms with Crippen LogP contribution in [0.5, 0.6) is 0 Å². The van der Waals surface area contributed by atoms with Gasteiger partial charge in [0.05, 0.1) is 34.3 Å². The second kappa shape index (κ2) is 11.9. The Labute approximate surface area is 251 Å². The number of carbonyl (C=O) groups excluding carboxylic acids is 1. The summed E-state index contributed by atoms with van der Waals surface area (Å²) in [5.41, 5.74) is -1.12. The number of nitrogens with zero attached hydrogens (tertiary/aromatic N) is 9. The van der Waals surface area contributed by atoms with Crippen molar-refractivity contribution in [2.75, 3.05) is 19.4 Å². The molecule has 0 saturated carbocycles. The Bertz CT molecular complexity index is 1980. The zero-order valence-electron chi connectivity index (χ0n) is 23.1. The molecule has 0 aliphatic carbocycles. The highest BCUT2D eigenvalue weighted by atomic mass is 35.5. The maximum absolute atomic E-state index is 14.7. The fraction of sp³-hybridized carbons (Fsp3) is 0.269. The lowest BCUT2D eigenvalue weighted by molar-refractivity contribution is -0.128. The predicted octanol–water partition coefficient (Wildman–Crippen LogP) is 2.79. The molecule has 17 heteroatoms. The molecular weight excluding hydrogens is 609 g/mol. The van der Waals surface area contributed by atoms with Gasteiger partial charge in [-0.25, -0.2) is 27.9 Å². The number of hydrogen-bond acceptors (Lipinski definition) is 8. The minimum absolute atomic E-state index is 0.0589. The van der Waals surface area contributed by atoms with E-state index >= 15 is 0 Å². The largest absolute Gasteiger partial charge is 0.355 e. The van der Waals surface area contributed by atoms with Crippen LogP contribution in [0.15, 0.2) is 46.4 Å². The van der Waals surface area contributed by atoms with E-state index < -0.39 is 29.6 Å². The summed E-state index contributed by atoms with van der Waals surface area (Å²) in [6.07, 6.45) is 3.36. The van der Waals surface area contributed by atoms with Crippen molar-refractivity contribution in [2.45, 2.75) is 26.1 Å². The van der Waals surface area contributed by atoms with Gasteiger partial charge >= 0.3 is 11.4 Å². The van der Waals surface area contributed by atoms with E-state index in [4.69, 9.17) is 23.2 Å². The number of anilines is 2. The monoisotopic (exact) mass is 632 g/mol. The first-order valence-electron chi connectivity index (χ1n) is 12.7. The molecule has 0 unspecified atom stereocenters. The first-order valence-corrected chi connectivity index (χ1v) is 13.5.